The number of ether oxygens (including phenoxy) is 2. The van der Waals surface area contributed by atoms with Crippen molar-refractivity contribution in [2.75, 3.05) is 20.7 Å². The monoisotopic (exact) mass is 381 g/mol. The van der Waals surface area contributed by atoms with Crippen LogP contribution in [0.3, 0.4) is 0 Å². The lowest BCUT2D eigenvalue weighted by Crippen LogP contribution is -2.66. The summed E-state index contributed by atoms with van der Waals surface area (Å²) in [6.45, 7) is 0.944. The van der Waals surface area contributed by atoms with Crippen LogP contribution in [0, 0.1) is 5.92 Å². The van der Waals surface area contributed by atoms with Crippen LogP contribution in [0.1, 0.15) is 30.4 Å². The molecule has 1 saturated carbocycles. The van der Waals surface area contributed by atoms with E-state index in [1.165, 1.54) is 11.1 Å². The van der Waals surface area contributed by atoms with Gasteiger partial charge in [-0.05, 0) is 56.8 Å². The summed E-state index contributed by atoms with van der Waals surface area (Å²) in [5.41, 5.74) is 2.23. The maximum atomic E-state index is 11.6. The fourth-order valence-electron chi connectivity index (χ4n) is 6.12. The van der Waals surface area contributed by atoms with E-state index in [9.17, 15) is 14.4 Å². The van der Waals surface area contributed by atoms with Crippen LogP contribution in [0.5, 0.6) is 11.5 Å². The molecule has 1 saturated heterocycles. The SMILES string of the molecule is COc1ccc2c3c1O[C@H]1[C@@H](OP(=O)(O)O)CC[C@H]4[C@@H](C2)N(C)CC[C@@]341. The number of benzene rings is 1. The van der Waals surface area contributed by atoms with Crippen molar-refractivity contribution in [3.8, 4) is 11.5 Å². The molecule has 1 aromatic rings. The minimum atomic E-state index is -4.58. The number of phosphoric acid groups is 1. The predicted molar refractivity (Wildman–Crippen MR) is 93.5 cm³/mol. The molecule has 1 spiro atoms. The highest BCUT2D eigenvalue weighted by atomic mass is 31.2. The first-order valence-electron chi connectivity index (χ1n) is 9.16. The molecule has 5 rings (SSSR count). The maximum Gasteiger partial charge on any atom is 0.469 e. The van der Waals surface area contributed by atoms with Crippen molar-refractivity contribution in [2.24, 2.45) is 5.92 Å². The Balaban J connectivity index is 1.69. The Bertz CT molecular complexity index is 809. The normalized spacial score (nSPS) is 37.8. The first-order chi connectivity index (χ1) is 12.3. The summed E-state index contributed by atoms with van der Waals surface area (Å²) in [7, 11) is -0.778. The molecule has 0 aromatic heterocycles. The zero-order valence-electron chi connectivity index (χ0n) is 14.9. The Kier molecular flexibility index (Phi) is 3.57. The van der Waals surface area contributed by atoms with Gasteiger partial charge in [-0.2, -0.15) is 0 Å². The molecule has 142 valence electrons. The van der Waals surface area contributed by atoms with Gasteiger partial charge in [-0.15, -0.1) is 0 Å². The Morgan fingerprint density at radius 1 is 1.35 bits per heavy atom. The highest BCUT2D eigenvalue weighted by molar-refractivity contribution is 7.46. The Morgan fingerprint density at radius 3 is 2.88 bits per heavy atom. The smallest absolute Gasteiger partial charge is 0.469 e. The molecular weight excluding hydrogens is 357 g/mol. The van der Waals surface area contributed by atoms with Crippen LogP contribution in [0.2, 0.25) is 0 Å². The standard InChI is InChI=1S/C18H24NO6P/c1-19-8-7-18-11-4-6-14(25-26(20,21)22)17(18)24-16-13(23-2)5-3-10(15(16)18)9-12(11)19/h3,5,11-12,14,17H,4,6-9H2,1-2H3,(H2,20,21,22)/t11-,12+,14-,17-,18-/m0/s1. The van der Waals surface area contributed by atoms with Gasteiger partial charge >= 0.3 is 7.82 Å². The van der Waals surface area contributed by atoms with Crippen molar-refractivity contribution in [3.05, 3.63) is 23.3 Å². The van der Waals surface area contributed by atoms with Crippen LogP contribution in [0.15, 0.2) is 12.1 Å². The number of piperidine rings is 1. The van der Waals surface area contributed by atoms with Crippen molar-refractivity contribution < 1.29 is 28.3 Å². The number of nitrogens with zero attached hydrogens (tertiary/aromatic N) is 1. The molecule has 4 aliphatic rings. The number of phosphoric ester groups is 1. The van der Waals surface area contributed by atoms with Crippen LogP contribution in [0.25, 0.3) is 0 Å². The number of likely N-dealkylation sites (tertiary alicyclic amines) is 1. The van der Waals surface area contributed by atoms with Gasteiger partial charge < -0.3 is 24.2 Å². The molecular formula is C18H24NO6P. The van der Waals surface area contributed by atoms with Crippen molar-refractivity contribution in [2.45, 2.75) is 49.3 Å². The third-order valence-corrected chi connectivity index (χ3v) is 7.56. The average molecular weight is 381 g/mol. The minimum Gasteiger partial charge on any atom is -0.493 e. The maximum absolute atomic E-state index is 11.6. The summed E-state index contributed by atoms with van der Waals surface area (Å²) < 4.78 is 28.7. The lowest BCUT2D eigenvalue weighted by atomic mass is 9.51. The molecule has 0 radical (unpaired) electrons. The van der Waals surface area contributed by atoms with E-state index >= 15 is 0 Å². The summed E-state index contributed by atoms with van der Waals surface area (Å²) in [6.07, 6.45) is 2.38. The van der Waals surface area contributed by atoms with Crippen molar-refractivity contribution >= 4 is 7.82 Å². The molecule has 0 amide bonds. The van der Waals surface area contributed by atoms with E-state index in [0.717, 1.165) is 31.6 Å². The Hall–Kier alpha value is -1.11. The van der Waals surface area contributed by atoms with E-state index in [2.05, 4.69) is 18.0 Å². The van der Waals surface area contributed by atoms with E-state index in [-0.39, 0.29) is 11.5 Å². The van der Waals surface area contributed by atoms with E-state index in [1.54, 1.807) is 7.11 Å². The van der Waals surface area contributed by atoms with Gasteiger partial charge in [0.05, 0.1) is 7.11 Å². The van der Waals surface area contributed by atoms with Crippen LogP contribution in [-0.2, 0) is 20.9 Å². The van der Waals surface area contributed by atoms with E-state index < -0.39 is 13.9 Å². The van der Waals surface area contributed by atoms with Crippen molar-refractivity contribution in [1.29, 1.82) is 0 Å². The zero-order chi connectivity index (χ0) is 18.3. The fraction of sp³-hybridized carbons (Fsp3) is 0.667. The second-order valence-corrected chi connectivity index (χ2v) is 9.22. The Morgan fingerprint density at radius 2 is 2.15 bits per heavy atom. The quantitative estimate of drug-likeness (QED) is 0.773. The van der Waals surface area contributed by atoms with Crippen molar-refractivity contribution in [1.82, 2.24) is 4.90 Å². The van der Waals surface area contributed by atoms with Gasteiger partial charge in [-0.25, -0.2) is 4.57 Å². The summed E-state index contributed by atoms with van der Waals surface area (Å²) in [5.74, 6) is 1.85. The van der Waals surface area contributed by atoms with Crippen LogP contribution < -0.4 is 9.47 Å². The van der Waals surface area contributed by atoms with Gasteiger partial charge in [0, 0.05) is 17.0 Å². The van der Waals surface area contributed by atoms with Gasteiger partial charge in [0.15, 0.2) is 11.5 Å². The van der Waals surface area contributed by atoms with Gasteiger partial charge in [-0.3, -0.25) is 4.52 Å². The molecule has 5 atom stereocenters. The summed E-state index contributed by atoms with van der Waals surface area (Å²) in [4.78, 5) is 21.2. The molecule has 2 heterocycles. The summed E-state index contributed by atoms with van der Waals surface area (Å²) in [5, 5.41) is 0. The van der Waals surface area contributed by atoms with Crippen LogP contribution >= 0.6 is 7.82 Å². The van der Waals surface area contributed by atoms with Gasteiger partial charge in [-0.1, -0.05) is 6.07 Å². The second kappa shape index (κ2) is 5.46. The number of hydrogen-bond acceptors (Lipinski definition) is 5. The molecule has 0 unspecified atom stereocenters. The molecule has 2 aliphatic heterocycles. The number of methoxy groups -OCH3 is 1. The lowest BCUT2D eigenvalue weighted by molar-refractivity contribution is -0.0965. The van der Waals surface area contributed by atoms with E-state index in [4.69, 9.17) is 14.0 Å². The zero-order valence-corrected chi connectivity index (χ0v) is 15.8. The molecule has 2 aliphatic carbocycles. The van der Waals surface area contributed by atoms with Crippen molar-refractivity contribution in [3.63, 3.8) is 0 Å². The number of rotatable bonds is 3. The van der Waals surface area contributed by atoms with E-state index in [1.807, 2.05) is 6.07 Å². The molecule has 1 aromatic carbocycles. The van der Waals surface area contributed by atoms with Gasteiger partial charge in [0.25, 0.3) is 0 Å². The third-order valence-electron chi connectivity index (χ3n) is 7.02. The lowest BCUT2D eigenvalue weighted by Gasteiger charge is -2.58. The first kappa shape index (κ1) is 17.0. The van der Waals surface area contributed by atoms with E-state index in [0.29, 0.717) is 24.1 Å². The summed E-state index contributed by atoms with van der Waals surface area (Å²) in [6, 6.07) is 4.50. The highest BCUT2D eigenvalue weighted by Crippen LogP contribution is 2.64. The number of likely N-dealkylation sites (N-methyl/N-ethyl adjacent to an activating group) is 1. The first-order valence-corrected chi connectivity index (χ1v) is 10.7. The predicted octanol–water partition coefficient (Wildman–Crippen LogP) is 1.84. The Labute approximate surface area is 152 Å². The molecule has 2 N–H and O–H groups in total. The average Bonchev–Trinajstić information content (AvgIpc) is 2.93. The second-order valence-electron chi connectivity index (χ2n) is 8.03. The molecule has 2 fully saturated rings. The third kappa shape index (κ3) is 2.12. The molecule has 8 heteroatoms. The molecule has 7 nitrogen and oxygen atoms in total. The van der Waals surface area contributed by atoms with Gasteiger partial charge in [0.2, 0.25) is 0 Å². The summed E-state index contributed by atoms with van der Waals surface area (Å²) >= 11 is 0. The highest BCUT2D eigenvalue weighted by Gasteiger charge is 2.66. The topological polar surface area (TPSA) is 88.5 Å². The van der Waals surface area contributed by atoms with Gasteiger partial charge in [0.1, 0.15) is 12.2 Å². The largest absolute Gasteiger partial charge is 0.493 e. The molecule has 26 heavy (non-hydrogen) atoms. The molecule has 2 bridgehead atoms. The van der Waals surface area contributed by atoms with Crippen LogP contribution in [0.4, 0.5) is 0 Å². The minimum absolute atomic E-state index is 0.243. The fourth-order valence-corrected chi connectivity index (χ4v) is 6.69. The number of hydrogen-bond donors (Lipinski definition) is 2. The van der Waals surface area contributed by atoms with Crippen LogP contribution in [-0.4, -0.2) is 53.6 Å².